The molecule has 0 aliphatic carbocycles. The van der Waals surface area contributed by atoms with Crippen molar-refractivity contribution in [3.05, 3.63) is 0 Å². The highest BCUT2D eigenvalue weighted by Crippen LogP contribution is 1.97. The molecule has 0 saturated heterocycles. The fourth-order valence-corrected chi connectivity index (χ4v) is 0.591. The first-order chi connectivity index (χ1) is 7.24. The summed E-state index contributed by atoms with van der Waals surface area (Å²) in [7, 11) is -4.04. The lowest BCUT2D eigenvalue weighted by molar-refractivity contribution is -0.120. The fourth-order valence-electron chi connectivity index (χ4n) is 0.482. The third kappa shape index (κ3) is 7.22. The summed E-state index contributed by atoms with van der Waals surface area (Å²) in [6, 6.07) is 0. The van der Waals surface area contributed by atoms with Crippen molar-refractivity contribution in [2.45, 2.75) is 0 Å². The van der Waals surface area contributed by atoms with E-state index in [1.165, 1.54) is 0 Å². The number of hydrogen-bond acceptors (Lipinski definition) is 10. The van der Waals surface area contributed by atoms with Gasteiger partial charge in [0, 0.05) is 0 Å². The van der Waals surface area contributed by atoms with Crippen molar-refractivity contribution >= 4 is 34.6 Å². The van der Waals surface area contributed by atoms with E-state index in [9.17, 15) is 8.42 Å². The molecule has 0 unspecified atom stereocenters. The first-order valence-corrected chi connectivity index (χ1v) is 4.89. The van der Waals surface area contributed by atoms with Gasteiger partial charge in [-0.2, -0.15) is 28.5 Å². The molecule has 0 saturated carbocycles. The molecule has 0 amide bonds. The van der Waals surface area contributed by atoms with Crippen molar-refractivity contribution < 1.29 is 17.4 Å². The number of nitrogens with two attached hydrogens (primary N) is 4. The largest absolute Gasteiger partial charge is 0.382 e. The molecule has 12 heteroatoms. The van der Waals surface area contributed by atoms with Crippen LogP contribution in [0.2, 0.25) is 0 Å². The Morgan fingerprint density at radius 1 is 1.00 bits per heavy atom. The smallest absolute Gasteiger partial charge is 0.368 e. The van der Waals surface area contributed by atoms with Crippen molar-refractivity contribution in [1.82, 2.24) is 15.0 Å². The summed E-state index contributed by atoms with van der Waals surface area (Å²) < 4.78 is 22.4. The summed E-state index contributed by atoms with van der Waals surface area (Å²) in [6.07, 6.45) is 0. The number of carbonyl (C=O) groups is 1. The summed E-state index contributed by atoms with van der Waals surface area (Å²) in [6.45, 7) is -0.255. The van der Waals surface area contributed by atoms with Crippen molar-refractivity contribution in [2.24, 2.45) is 5.14 Å². The molecule has 0 spiro atoms. The maximum Gasteiger partial charge on any atom is 0.382 e. The molecule has 0 fully saturated rings. The van der Waals surface area contributed by atoms with Gasteiger partial charge in [-0.1, -0.05) is 0 Å². The number of anilines is 3. The number of aromatic nitrogens is 3. The van der Waals surface area contributed by atoms with E-state index in [2.05, 4.69) is 24.3 Å². The van der Waals surface area contributed by atoms with Gasteiger partial charge in [0.2, 0.25) is 17.8 Å². The van der Waals surface area contributed by atoms with Crippen molar-refractivity contribution in [1.29, 1.82) is 0 Å². The SMILES string of the molecule is NS(=O)(=O)OC=O.Nc1nc(N)nc(N)n1. The molecule has 90 valence electrons. The molecule has 1 aromatic rings. The summed E-state index contributed by atoms with van der Waals surface area (Å²) in [5.41, 5.74) is 15.4. The van der Waals surface area contributed by atoms with Crippen LogP contribution in [0.1, 0.15) is 0 Å². The van der Waals surface area contributed by atoms with Gasteiger partial charge in [-0.05, 0) is 0 Å². The van der Waals surface area contributed by atoms with Gasteiger partial charge >= 0.3 is 16.8 Å². The van der Waals surface area contributed by atoms with Crippen LogP contribution in [-0.4, -0.2) is 29.8 Å². The Morgan fingerprint density at radius 3 is 1.44 bits per heavy atom. The van der Waals surface area contributed by atoms with E-state index in [1.807, 2.05) is 0 Å². The minimum absolute atomic E-state index is 0.0417. The lowest BCUT2D eigenvalue weighted by Crippen LogP contribution is -2.14. The van der Waals surface area contributed by atoms with Crippen LogP contribution in [-0.2, 0) is 19.3 Å². The predicted octanol–water partition coefficient (Wildman–Crippen LogP) is -3.02. The summed E-state index contributed by atoms with van der Waals surface area (Å²) >= 11 is 0. The van der Waals surface area contributed by atoms with Gasteiger partial charge in [-0.3, -0.25) is 4.79 Å². The molecule has 11 nitrogen and oxygen atoms in total. The summed E-state index contributed by atoms with van der Waals surface area (Å²) in [5, 5.41) is 4.16. The molecule has 16 heavy (non-hydrogen) atoms. The van der Waals surface area contributed by atoms with E-state index in [1.54, 1.807) is 0 Å². The van der Waals surface area contributed by atoms with Crippen molar-refractivity contribution in [3.63, 3.8) is 0 Å². The number of rotatable bonds is 2. The monoisotopic (exact) mass is 251 g/mol. The molecule has 0 radical (unpaired) electrons. The predicted molar refractivity (Wildman–Crippen MR) is 53.3 cm³/mol. The number of carbonyl (C=O) groups excluding carboxylic acids is 1. The van der Waals surface area contributed by atoms with E-state index in [0.29, 0.717) is 0 Å². The van der Waals surface area contributed by atoms with Crippen LogP contribution < -0.4 is 22.3 Å². The molecule has 1 heterocycles. The van der Waals surface area contributed by atoms with E-state index in [4.69, 9.17) is 22.0 Å². The quantitative estimate of drug-likeness (QED) is 0.391. The average Bonchev–Trinajstić information content (AvgIpc) is 1.98. The lowest BCUT2D eigenvalue weighted by atomic mass is 10.9. The molecular formula is C4H9N7O4S. The zero-order chi connectivity index (χ0) is 12.8. The Hall–Kier alpha value is -2.21. The zero-order valence-electron chi connectivity index (χ0n) is 7.77. The summed E-state index contributed by atoms with van der Waals surface area (Å²) in [4.78, 5) is 19.6. The Balaban J connectivity index is 0.000000293. The molecule has 0 aliphatic rings. The van der Waals surface area contributed by atoms with Gasteiger partial charge in [-0.15, -0.1) is 0 Å². The Morgan fingerprint density at radius 2 is 1.31 bits per heavy atom. The maximum atomic E-state index is 9.56. The summed E-state index contributed by atoms with van der Waals surface area (Å²) in [5.74, 6) is 0.125. The zero-order valence-corrected chi connectivity index (χ0v) is 8.59. The molecule has 0 aliphatic heterocycles. The van der Waals surface area contributed by atoms with E-state index >= 15 is 0 Å². The number of nitrogen functional groups attached to an aromatic ring is 3. The van der Waals surface area contributed by atoms with Crippen LogP contribution in [0.25, 0.3) is 0 Å². The lowest BCUT2D eigenvalue weighted by Gasteiger charge is -1.93. The molecule has 1 aromatic heterocycles. The van der Waals surface area contributed by atoms with Crippen LogP contribution in [0.15, 0.2) is 0 Å². The van der Waals surface area contributed by atoms with Gasteiger partial charge in [0.1, 0.15) is 0 Å². The molecular weight excluding hydrogens is 242 g/mol. The van der Waals surface area contributed by atoms with Crippen LogP contribution in [0.3, 0.4) is 0 Å². The minimum Gasteiger partial charge on any atom is -0.368 e. The van der Waals surface area contributed by atoms with Gasteiger partial charge < -0.3 is 21.4 Å². The van der Waals surface area contributed by atoms with Gasteiger partial charge in [0.05, 0.1) is 0 Å². The standard InChI is InChI=1S/C3H6N6.CH3NO4S/c4-1-7-2(5)9-3(6)8-1;2-7(4,5)6-1-3/h(H6,4,5,6,7,8,9);1H,(H2,2,4,5). The Bertz CT molecular complexity index is 409. The first-order valence-electron chi connectivity index (χ1n) is 3.41. The molecule has 0 aromatic carbocycles. The molecule has 1 rings (SSSR count). The van der Waals surface area contributed by atoms with Crippen molar-refractivity contribution in [3.8, 4) is 0 Å². The highest BCUT2D eigenvalue weighted by Gasteiger charge is 1.96. The second-order valence-electron chi connectivity index (χ2n) is 2.10. The van der Waals surface area contributed by atoms with E-state index in [-0.39, 0.29) is 24.3 Å². The van der Waals surface area contributed by atoms with Gasteiger partial charge in [0.15, 0.2) is 0 Å². The second-order valence-corrected chi connectivity index (χ2v) is 3.27. The fraction of sp³-hybridized carbons (Fsp3) is 0. The van der Waals surface area contributed by atoms with Crippen molar-refractivity contribution in [2.75, 3.05) is 17.2 Å². The van der Waals surface area contributed by atoms with E-state index < -0.39 is 10.3 Å². The van der Waals surface area contributed by atoms with Crippen LogP contribution in [0.5, 0.6) is 0 Å². The third-order valence-corrected chi connectivity index (χ3v) is 1.21. The van der Waals surface area contributed by atoms with Crippen LogP contribution in [0.4, 0.5) is 17.8 Å². The van der Waals surface area contributed by atoms with E-state index in [0.717, 1.165) is 0 Å². The Labute approximate surface area is 90.1 Å². The Kier molecular flexibility index (Phi) is 4.84. The van der Waals surface area contributed by atoms with Gasteiger partial charge in [-0.25, -0.2) is 0 Å². The third-order valence-electron chi connectivity index (χ3n) is 0.861. The average molecular weight is 251 g/mol. The van der Waals surface area contributed by atoms with Crippen LogP contribution in [0, 0.1) is 0 Å². The highest BCUT2D eigenvalue weighted by atomic mass is 32.2. The topological polar surface area (TPSA) is 203 Å². The molecule has 0 bridgehead atoms. The van der Waals surface area contributed by atoms with Gasteiger partial charge in [0.25, 0.3) is 0 Å². The minimum atomic E-state index is -4.04. The second kappa shape index (κ2) is 5.62. The highest BCUT2D eigenvalue weighted by molar-refractivity contribution is 7.84. The molecule has 0 atom stereocenters. The molecule has 8 N–H and O–H groups in total. The normalized spacial score (nSPS) is 9.81. The maximum absolute atomic E-state index is 9.56. The number of hydrogen-bond donors (Lipinski definition) is 4. The van der Waals surface area contributed by atoms with Crippen LogP contribution >= 0.6 is 0 Å². The first kappa shape index (κ1) is 13.8. The number of nitrogens with zero attached hydrogens (tertiary/aromatic N) is 3.